The van der Waals surface area contributed by atoms with E-state index in [-0.39, 0.29) is 5.56 Å². The van der Waals surface area contributed by atoms with Crippen LogP contribution in [0.2, 0.25) is 0 Å². The van der Waals surface area contributed by atoms with Gasteiger partial charge in [0.1, 0.15) is 5.82 Å². The Morgan fingerprint density at radius 1 is 1.47 bits per heavy atom. The van der Waals surface area contributed by atoms with Crippen LogP contribution in [0.1, 0.15) is 12.7 Å². The number of hydrogen-bond acceptors (Lipinski definition) is 5. The topological polar surface area (TPSA) is 47.8 Å². The van der Waals surface area contributed by atoms with E-state index in [9.17, 15) is 4.79 Å². The Bertz CT molecular complexity index is 558. The molecule has 2 aromatic heterocycles. The fraction of sp³-hybridized carbons (Fsp3) is 0.444. The second kappa shape index (κ2) is 3.94. The molecule has 0 amide bonds. The number of aryl methyl sites for hydroxylation is 1. The SMILES string of the molecule is CCc1nc2sc(SC)nc2c(=O)n1C. The number of thiazole rings is 1. The zero-order chi connectivity index (χ0) is 11.0. The van der Waals surface area contributed by atoms with E-state index in [4.69, 9.17) is 0 Å². The Morgan fingerprint density at radius 2 is 2.20 bits per heavy atom. The molecule has 2 heterocycles. The fourth-order valence-electron chi connectivity index (χ4n) is 1.38. The van der Waals surface area contributed by atoms with E-state index < -0.39 is 0 Å². The lowest BCUT2D eigenvalue weighted by Crippen LogP contribution is -2.21. The molecule has 0 unspecified atom stereocenters. The first-order valence-electron chi connectivity index (χ1n) is 4.57. The highest BCUT2D eigenvalue weighted by Crippen LogP contribution is 2.24. The Kier molecular flexibility index (Phi) is 2.79. The van der Waals surface area contributed by atoms with Crippen LogP contribution >= 0.6 is 23.1 Å². The van der Waals surface area contributed by atoms with Crippen molar-refractivity contribution in [2.24, 2.45) is 7.05 Å². The highest BCUT2D eigenvalue weighted by atomic mass is 32.2. The third-order valence-electron chi connectivity index (χ3n) is 2.21. The van der Waals surface area contributed by atoms with Crippen LogP contribution in [0.4, 0.5) is 0 Å². The molecule has 15 heavy (non-hydrogen) atoms. The van der Waals surface area contributed by atoms with Gasteiger partial charge in [-0.1, -0.05) is 30.0 Å². The summed E-state index contributed by atoms with van der Waals surface area (Å²) in [6.07, 6.45) is 2.71. The second-order valence-electron chi connectivity index (χ2n) is 3.08. The Hall–Kier alpha value is -0.880. The molecule has 0 fully saturated rings. The molecule has 80 valence electrons. The monoisotopic (exact) mass is 241 g/mol. The van der Waals surface area contributed by atoms with Crippen LogP contribution < -0.4 is 5.56 Å². The number of thioether (sulfide) groups is 1. The minimum atomic E-state index is -0.0478. The fourth-order valence-corrected chi connectivity index (χ4v) is 2.82. The van der Waals surface area contributed by atoms with E-state index in [2.05, 4.69) is 9.97 Å². The summed E-state index contributed by atoms with van der Waals surface area (Å²) in [6, 6.07) is 0. The largest absolute Gasteiger partial charge is 0.298 e. The van der Waals surface area contributed by atoms with Gasteiger partial charge in [0.25, 0.3) is 5.56 Å². The van der Waals surface area contributed by atoms with Crippen LogP contribution in [0.15, 0.2) is 9.13 Å². The molecule has 0 aliphatic rings. The summed E-state index contributed by atoms with van der Waals surface area (Å²) in [5.74, 6) is 0.809. The van der Waals surface area contributed by atoms with Gasteiger partial charge in [-0.15, -0.1) is 0 Å². The van der Waals surface area contributed by atoms with E-state index in [0.717, 1.165) is 21.4 Å². The minimum Gasteiger partial charge on any atom is -0.298 e. The second-order valence-corrected chi connectivity index (χ2v) is 5.11. The van der Waals surface area contributed by atoms with Crippen LogP contribution in [0.5, 0.6) is 0 Å². The summed E-state index contributed by atoms with van der Waals surface area (Å²) in [4.78, 5) is 21.3. The summed E-state index contributed by atoms with van der Waals surface area (Å²) < 4.78 is 2.47. The molecule has 4 nitrogen and oxygen atoms in total. The minimum absolute atomic E-state index is 0.0478. The van der Waals surface area contributed by atoms with Gasteiger partial charge in [0.15, 0.2) is 14.7 Å². The van der Waals surface area contributed by atoms with Crippen molar-refractivity contribution in [1.29, 1.82) is 0 Å². The van der Waals surface area contributed by atoms with E-state index in [1.807, 2.05) is 13.2 Å². The van der Waals surface area contributed by atoms with E-state index in [0.29, 0.717) is 5.52 Å². The van der Waals surface area contributed by atoms with Gasteiger partial charge in [0.2, 0.25) is 0 Å². The molecule has 0 bridgehead atoms. The summed E-state index contributed by atoms with van der Waals surface area (Å²) in [5.41, 5.74) is 0.442. The van der Waals surface area contributed by atoms with Gasteiger partial charge < -0.3 is 0 Å². The number of fused-ring (bicyclic) bond motifs is 1. The van der Waals surface area contributed by atoms with Gasteiger partial charge in [-0.25, -0.2) is 9.97 Å². The molecular weight excluding hydrogens is 230 g/mol. The molecule has 6 heteroatoms. The third-order valence-corrected chi connectivity index (χ3v) is 4.14. The zero-order valence-corrected chi connectivity index (χ0v) is 10.4. The maximum absolute atomic E-state index is 11.9. The van der Waals surface area contributed by atoms with Crippen molar-refractivity contribution < 1.29 is 0 Å². The molecule has 0 N–H and O–H groups in total. The molecule has 0 aliphatic heterocycles. The highest BCUT2D eigenvalue weighted by Gasteiger charge is 2.11. The number of nitrogens with zero attached hydrogens (tertiary/aromatic N) is 3. The van der Waals surface area contributed by atoms with Gasteiger partial charge >= 0.3 is 0 Å². The van der Waals surface area contributed by atoms with Crippen molar-refractivity contribution >= 4 is 33.4 Å². The Labute approximate surface area is 95.4 Å². The normalized spacial score (nSPS) is 11.1. The molecular formula is C9H11N3OS2. The Morgan fingerprint density at radius 3 is 2.80 bits per heavy atom. The predicted octanol–water partition coefficient (Wildman–Crippen LogP) is 1.67. The summed E-state index contributed by atoms with van der Waals surface area (Å²) in [7, 11) is 1.74. The summed E-state index contributed by atoms with van der Waals surface area (Å²) in [5, 5.41) is 0. The van der Waals surface area contributed by atoms with Gasteiger partial charge in [0, 0.05) is 13.5 Å². The lowest BCUT2D eigenvalue weighted by molar-refractivity contribution is 0.751. The van der Waals surface area contributed by atoms with Gasteiger partial charge in [-0.3, -0.25) is 9.36 Å². The molecule has 0 radical (unpaired) electrons. The van der Waals surface area contributed by atoms with Crippen molar-refractivity contribution in [3.63, 3.8) is 0 Å². The third kappa shape index (κ3) is 1.68. The molecule has 0 spiro atoms. The van der Waals surface area contributed by atoms with Crippen LogP contribution in [0.25, 0.3) is 10.3 Å². The number of hydrogen-bond donors (Lipinski definition) is 0. The molecule has 2 rings (SSSR count). The van der Waals surface area contributed by atoms with Crippen molar-refractivity contribution in [2.45, 2.75) is 17.7 Å². The molecule has 0 atom stereocenters. The van der Waals surface area contributed by atoms with Crippen molar-refractivity contribution in [3.05, 3.63) is 16.2 Å². The first-order valence-corrected chi connectivity index (χ1v) is 6.62. The molecule has 0 aliphatic carbocycles. The van der Waals surface area contributed by atoms with Crippen LogP contribution in [0, 0.1) is 0 Å². The van der Waals surface area contributed by atoms with Gasteiger partial charge in [0.05, 0.1) is 0 Å². The quantitative estimate of drug-likeness (QED) is 0.750. The Balaban J connectivity index is 2.81. The van der Waals surface area contributed by atoms with Crippen LogP contribution in [-0.2, 0) is 13.5 Å². The average molecular weight is 241 g/mol. The maximum Gasteiger partial charge on any atom is 0.280 e. The van der Waals surface area contributed by atoms with Crippen molar-refractivity contribution in [2.75, 3.05) is 6.26 Å². The molecule has 0 saturated carbocycles. The smallest absolute Gasteiger partial charge is 0.280 e. The number of aromatic nitrogens is 3. The zero-order valence-electron chi connectivity index (χ0n) is 8.77. The molecule has 2 aromatic rings. The first kappa shape index (κ1) is 10.6. The van der Waals surface area contributed by atoms with Gasteiger partial charge in [-0.2, -0.15) is 0 Å². The first-order chi connectivity index (χ1) is 7.17. The van der Waals surface area contributed by atoms with Crippen LogP contribution in [-0.4, -0.2) is 20.8 Å². The standard InChI is InChI=1S/C9H11N3OS2/c1-4-5-10-7-6(8(13)12(5)2)11-9(14-3)15-7/h4H2,1-3H3. The van der Waals surface area contributed by atoms with E-state index in [1.165, 1.54) is 11.3 Å². The van der Waals surface area contributed by atoms with Crippen LogP contribution in [0.3, 0.4) is 0 Å². The lowest BCUT2D eigenvalue weighted by Gasteiger charge is -2.02. The van der Waals surface area contributed by atoms with Crippen molar-refractivity contribution in [3.8, 4) is 0 Å². The average Bonchev–Trinajstić information content (AvgIpc) is 2.66. The lowest BCUT2D eigenvalue weighted by atomic mass is 10.4. The maximum atomic E-state index is 11.9. The molecule has 0 aromatic carbocycles. The van der Waals surface area contributed by atoms with E-state index in [1.54, 1.807) is 23.4 Å². The highest BCUT2D eigenvalue weighted by molar-refractivity contribution is 8.00. The van der Waals surface area contributed by atoms with E-state index >= 15 is 0 Å². The predicted molar refractivity (Wildman–Crippen MR) is 63.8 cm³/mol. The van der Waals surface area contributed by atoms with Crippen molar-refractivity contribution in [1.82, 2.24) is 14.5 Å². The summed E-state index contributed by atoms with van der Waals surface area (Å²) >= 11 is 3.02. The summed E-state index contributed by atoms with van der Waals surface area (Å²) in [6.45, 7) is 1.99. The molecule has 0 saturated heterocycles. The number of rotatable bonds is 2. The van der Waals surface area contributed by atoms with Gasteiger partial charge in [-0.05, 0) is 6.26 Å².